The van der Waals surface area contributed by atoms with Gasteiger partial charge in [0, 0.05) is 61.0 Å². The number of aliphatic hydroxyl groups excluding tert-OH is 1. The van der Waals surface area contributed by atoms with Gasteiger partial charge in [-0.1, -0.05) is 13.8 Å². The van der Waals surface area contributed by atoms with Gasteiger partial charge in [-0.05, 0) is 48.2 Å². The quantitative estimate of drug-likeness (QED) is 0.145. The number of rotatable bonds is 12. The minimum Gasteiger partial charge on any atom is -0.456 e. The van der Waals surface area contributed by atoms with Crippen LogP contribution in [-0.2, 0) is 37.1 Å². The van der Waals surface area contributed by atoms with Crippen LogP contribution in [0.4, 0.5) is 16.2 Å². The maximum Gasteiger partial charge on any atom is 0.410 e. The zero-order valence-corrected chi connectivity index (χ0v) is 28.6. The van der Waals surface area contributed by atoms with Gasteiger partial charge in [-0.25, -0.2) is 9.59 Å². The molecule has 5 rings (SSSR count). The summed E-state index contributed by atoms with van der Waals surface area (Å²) in [6.07, 6.45) is -1.12. The number of β-lactam (4-membered cyclic amide) rings is 1. The normalized spacial score (nSPS) is 23.2. The number of hydrogen-bond donors (Lipinski definition) is 1. The van der Waals surface area contributed by atoms with Crippen LogP contribution in [0.5, 0.6) is 0 Å². The van der Waals surface area contributed by atoms with Crippen LogP contribution in [0, 0.1) is 32.1 Å². The van der Waals surface area contributed by atoms with Crippen molar-refractivity contribution in [2.24, 2.45) is 11.8 Å². The Morgan fingerprint density at radius 3 is 2.02 bits per heavy atom. The lowest BCUT2D eigenvalue weighted by Gasteiger charge is -2.47. The van der Waals surface area contributed by atoms with Crippen LogP contribution in [0.25, 0.3) is 0 Å². The summed E-state index contributed by atoms with van der Waals surface area (Å²) in [5.74, 6) is -2.62. The molecule has 2 aromatic rings. The SMILES string of the molecule is CCC(O)[C@H]1C(=O)N2C(C(=O)OCc3ccc([N+](=O)[O-])cc3)=C(S[C@H]3C[C@@H](C(=O)N(C)C)N(C(=O)OCc4ccc([N+](=O)[O-])cc4)C3)[C@H](C)[C@H]12. The second-order valence-electron chi connectivity index (χ2n) is 12.6. The van der Waals surface area contributed by atoms with Crippen molar-refractivity contribution in [3.63, 3.8) is 0 Å². The molecule has 0 bridgehead atoms. The van der Waals surface area contributed by atoms with E-state index in [2.05, 4.69) is 0 Å². The molecule has 2 fully saturated rings. The summed E-state index contributed by atoms with van der Waals surface area (Å²) in [7, 11) is 3.14. The second kappa shape index (κ2) is 14.8. The largest absolute Gasteiger partial charge is 0.456 e. The third-order valence-corrected chi connectivity index (χ3v) is 10.7. The van der Waals surface area contributed by atoms with Crippen molar-refractivity contribution in [1.29, 1.82) is 0 Å². The molecule has 3 aliphatic rings. The molecule has 6 atom stereocenters. The van der Waals surface area contributed by atoms with E-state index in [0.29, 0.717) is 22.5 Å². The monoisotopic (exact) mass is 711 g/mol. The third kappa shape index (κ3) is 7.14. The van der Waals surface area contributed by atoms with Crippen LogP contribution in [0.1, 0.15) is 37.8 Å². The Kier molecular flexibility index (Phi) is 10.8. The molecule has 3 aliphatic heterocycles. The van der Waals surface area contributed by atoms with Crippen molar-refractivity contribution < 1.29 is 43.6 Å². The Morgan fingerprint density at radius 1 is 0.980 bits per heavy atom. The Labute approximate surface area is 291 Å². The summed E-state index contributed by atoms with van der Waals surface area (Å²) in [5.41, 5.74) is 0.827. The van der Waals surface area contributed by atoms with Gasteiger partial charge in [-0.3, -0.25) is 34.7 Å². The molecule has 266 valence electrons. The van der Waals surface area contributed by atoms with Crippen molar-refractivity contribution >= 4 is 47.0 Å². The topological polar surface area (TPSA) is 203 Å². The number of carbonyl (C=O) groups is 4. The van der Waals surface area contributed by atoms with E-state index in [0.717, 1.165) is 0 Å². The maximum atomic E-state index is 13.7. The van der Waals surface area contributed by atoms with Crippen molar-refractivity contribution in [1.82, 2.24) is 14.7 Å². The number of nitro groups is 2. The van der Waals surface area contributed by atoms with Crippen LogP contribution in [-0.4, -0.2) is 97.6 Å². The lowest BCUT2D eigenvalue weighted by Crippen LogP contribution is -2.64. The molecule has 1 N–H and O–H groups in total. The molecular formula is C33H37N5O11S. The number of aliphatic hydroxyl groups is 1. The van der Waals surface area contributed by atoms with Gasteiger partial charge in [0.1, 0.15) is 25.0 Å². The van der Waals surface area contributed by atoms with Gasteiger partial charge in [0.15, 0.2) is 0 Å². The number of amides is 3. The molecule has 0 radical (unpaired) electrons. The van der Waals surface area contributed by atoms with Gasteiger partial charge in [-0.2, -0.15) is 0 Å². The smallest absolute Gasteiger partial charge is 0.410 e. The van der Waals surface area contributed by atoms with Gasteiger partial charge < -0.3 is 24.4 Å². The number of thioether (sulfide) groups is 1. The lowest BCUT2D eigenvalue weighted by molar-refractivity contribution is -0.385. The molecule has 0 saturated carbocycles. The Balaban J connectivity index is 1.36. The summed E-state index contributed by atoms with van der Waals surface area (Å²) in [6.45, 7) is 3.30. The lowest BCUT2D eigenvalue weighted by atomic mass is 9.78. The number of hydrogen-bond acceptors (Lipinski definition) is 12. The van der Waals surface area contributed by atoms with E-state index < -0.39 is 57.2 Å². The standard InChI is InChI=1S/C33H37N5O11S/c1-5-25(39)26-27-18(2)29(28(36(27)31(26)41)32(42)48-16-19-6-10-21(11-7-19)37(44)45)50-23-14-24(30(40)34(3)4)35(15-23)33(43)49-17-20-8-12-22(13-9-20)38(46)47/h6-13,18,23-27,39H,5,14-17H2,1-4H3/t18-,23+,24+,25?,26-,27-/m1/s1. The first-order valence-electron chi connectivity index (χ1n) is 15.9. The predicted molar refractivity (Wildman–Crippen MR) is 178 cm³/mol. The molecule has 0 spiro atoms. The average Bonchev–Trinajstić information content (AvgIpc) is 3.62. The number of benzene rings is 2. The average molecular weight is 712 g/mol. The highest BCUT2D eigenvalue weighted by Crippen LogP contribution is 2.53. The molecule has 0 aromatic heterocycles. The molecule has 16 nitrogen and oxygen atoms in total. The van der Waals surface area contributed by atoms with Gasteiger partial charge in [0.25, 0.3) is 11.4 Å². The summed E-state index contributed by atoms with van der Waals surface area (Å²) in [5, 5.41) is 32.3. The summed E-state index contributed by atoms with van der Waals surface area (Å²) >= 11 is 1.27. The number of likely N-dealkylation sites (tertiary alicyclic amines) is 1. The molecule has 2 saturated heterocycles. The first kappa shape index (κ1) is 36.3. The summed E-state index contributed by atoms with van der Waals surface area (Å²) in [4.78, 5) is 79.1. The number of fused-ring (bicyclic) bond motifs is 1. The fourth-order valence-corrected chi connectivity index (χ4v) is 8.01. The minimum absolute atomic E-state index is 0.0358. The number of nitrogens with zero attached hydrogens (tertiary/aromatic N) is 5. The van der Waals surface area contributed by atoms with E-state index in [9.17, 15) is 44.5 Å². The van der Waals surface area contributed by atoms with Gasteiger partial charge in [-0.15, -0.1) is 11.8 Å². The van der Waals surface area contributed by atoms with E-state index in [-0.39, 0.29) is 55.1 Å². The molecule has 0 aliphatic carbocycles. The number of esters is 1. The van der Waals surface area contributed by atoms with Gasteiger partial charge in [0.05, 0.1) is 27.9 Å². The number of carbonyl (C=O) groups excluding carboxylic acids is 4. The number of ether oxygens (including phenoxy) is 2. The Hall–Kier alpha value is -5.03. The highest BCUT2D eigenvalue weighted by molar-refractivity contribution is 8.03. The van der Waals surface area contributed by atoms with Crippen LogP contribution >= 0.6 is 11.8 Å². The van der Waals surface area contributed by atoms with Crippen molar-refractivity contribution in [2.75, 3.05) is 20.6 Å². The second-order valence-corrected chi connectivity index (χ2v) is 13.9. The molecular weight excluding hydrogens is 674 g/mol. The highest BCUT2D eigenvalue weighted by Gasteiger charge is 2.61. The fourth-order valence-electron chi connectivity index (χ4n) is 6.49. The van der Waals surface area contributed by atoms with E-state index in [1.807, 2.05) is 6.92 Å². The molecule has 1 unspecified atom stereocenters. The summed E-state index contributed by atoms with van der Waals surface area (Å²) < 4.78 is 11.1. The van der Waals surface area contributed by atoms with Crippen LogP contribution in [0.3, 0.4) is 0 Å². The zero-order valence-electron chi connectivity index (χ0n) is 27.8. The number of non-ortho nitro benzene ring substituents is 2. The van der Waals surface area contributed by atoms with E-state index in [4.69, 9.17) is 9.47 Å². The highest BCUT2D eigenvalue weighted by atomic mass is 32.2. The summed E-state index contributed by atoms with van der Waals surface area (Å²) in [6, 6.07) is 9.69. The van der Waals surface area contributed by atoms with Crippen LogP contribution < -0.4 is 0 Å². The Bertz CT molecular complexity index is 1720. The predicted octanol–water partition coefficient (Wildman–Crippen LogP) is 3.61. The van der Waals surface area contributed by atoms with Crippen LogP contribution in [0.2, 0.25) is 0 Å². The van der Waals surface area contributed by atoms with Crippen molar-refractivity contribution in [3.8, 4) is 0 Å². The number of likely N-dealkylation sites (N-methyl/N-ethyl adjacent to an activating group) is 1. The first-order valence-corrected chi connectivity index (χ1v) is 16.8. The van der Waals surface area contributed by atoms with Crippen molar-refractivity contribution in [3.05, 3.63) is 90.5 Å². The minimum atomic E-state index is -0.914. The number of nitro benzene ring substituents is 2. The maximum absolute atomic E-state index is 13.7. The Morgan fingerprint density at radius 2 is 1.52 bits per heavy atom. The van der Waals surface area contributed by atoms with E-state index in [1.54, 1.807) is 21.0 Å². The van der Waals surface area contributed by atoms with Gasteiger partial charge >= 0.3 is 12.1 Å². The third-order valence-electron chi connectivity index (χ3n) is 9.16. The molecule has 3 amide bonds. The van der Waals surface area contributed by atoms with Gasteiger partial charge in [0.2, 0.25) is 11.8 Å². The van der Waals surface area contributed by atoms with Crippen molar-refractivity contribution in [2.45, 2.75) is 63.3 Å². The first-order chi connectivity index (χ1) is 23.7. The molecule has 50 heavy (non-hydrogen) atoms. The van der Waals surface area contributed by atoms with E-state index >= 15 is 0 Å². The fraction of sp³-hybridized carbons (Fsp3) is 0.455. The molecule has 3 heterocycles. The molecule has 2 aromatic carbocycles. The zero-order chi connectivity index (χ0) is 36.4. The van der Waals surface area contributed by atoms with E-state index in [1.165, 1.54) is 75.0 Å². The van der Waals surface area contributed by atoms with Crippen LogP contribution in [0.15, 0.2) is 59.1 Å². The molecule has 17 heteroatoms.